The molecule has 0 rings (SSSR count). The van der Waals surface area contributed by atoms with Crippen molar-refractivity contribution in [2.24, 2.45) is 0 Å². The lowest BCUT2D eigenvalue weighted by Gasteiger charge is -2.16. The van der Waals surface area contributed by atoms with E-state index in [1.165, 1.54) is 148 Å². The monoisotopic (exact) mass is 647 g/mol. The maximum Gasteiger partial charge on any atom is 0.306 e. The number of carbonyl (C=O) groups is 1. The summed E-state index contributed by atoms with van der Waals surface area (Å²) in [6, 6.07) is 0. The maximum atomic E-state index is 12.2. The standard InChI is InChI=1S/C42H78O4/c1-3-5-7-9-11-13-15-16-17-18-19-20-21-22-23-24-25-26-27-29-31-33-35-37-42(44)46-41(39-43)40-45-38-36-34-32-30-28-14-12-10-8-6-4-2/h15-16,18-19,21-22,41,43H,3-14,17,20,23-40H2,1-2H3/b16-15-,19-18-,22-21-. The molecule has 1 N–H and O–H groups in total. The van der Waals surface area contributed by atoms with Crippen LogP contribution in [0.15, 0.2) is 36.5 Å². The zero-order chi connectivity index (χ0) is 33.4. The normalized spacial score (nSPS) is 12.7. The van der Waals surface area contributed by atoms with Crippen LogP contribution >= 0.6 is 0 Å². The third-order valence-electron chi connectivity index (χ3n) is 8.72. The number of ether oxygens (including phenoxy) is 2. The Morgan fingerprint density at radius 3 is 1.37 bits per heavy atom. The Kier molecular flexibility index (Phi) is 38.6. The molecule has 270 valence electrons. The molecule has 0 saturated heterocycles. The number of esters is 1. The van der Waals surface area contributed by atoms with Crippen molar-refractivity contribution >= 4 is 5.97 Å². The maximum absolute atomic E-state index is 12.2. The van der Waals surface area contributed by atoms with Crippen LogP contribution in [0.25, 0.3) is 0 Å². The number of unbranched alkanes of at least 4 members (excludes halogenated alkanes) is 23. The lowest BCUT2D eigenvalue weighted by Crippen LogP contribution is -2.27. The van der Waals surface area contributed by atoms with Crippen molar-refractivity contribution in [3.63, 3.8) is 0 Å². The SMILES string of the molecule is CCCCCCC/C=C\C/C=C\C/C=C\CCCCCCCCCCC(=O)OC(CO)COCCCCCCCCCCCCC. The molecule has 0 fully saturated rings. The van der Waals surface area contributed by atoms with E-state index in [1.807, 2.05) is 0 Å². The Bertz CT molecular complexity index is 683. The molecule has 0 aliphatic rings. The first-order chi connectivity index (χ1) is 22.7. The van der Waals surface area contributed by atoms with Gasteiger partial charge in [-0.2, -0.15) is 0 Å². The molecule has 0 spiro atoms. The number of hydrogen-bond acceptors (Lipinski definition) is 4. The molecule has 0 aromatic rings. The lowest BCUT2D eigenvalue weighted by molar-refractivity contribution is -0.154. The van der Waals surface area contributed by atoms with Crippen LogP contribution in [0.3, 0.4) is 0 Å². The summed E-state index contributed by atoms with van der Waals surface area (Å²) in [4.78, 5) is 12.2. The molecule has 0 amide bonds. The minimum Gasteiger partial charge on any atom is -0.457 e. The fraction of sp³-hybridized carbons (Fsp3) is 0.833. The van der Waals surface area contributed by atoms with Gasteiger partial charge in [0.25, 0.3) is 0 Å². The fourth-order valence-corrected chi connectivity index (χ4v) is 5.69. The number of aliphatic hydroxyl groups is 1. The molecular formula is C42H78O4. The quantitative estimate of drug-likeness (QED) is 0.0414. The summed E-state index contributed by atoms with van der Waals surface area (Å²) in [6.07, 6.45) is 49.0. The highest BCUT2D eigenvalue weighted by Gasteiger charge is 2.13. The molecule has 0 heterocycles. The summed E-state index contributed by atoms with van der Waals surface area (Å²) in [7, 11) is 0. The zero-order valence-corrected chi connectivity index (χ0v) is 30.8. The molecule has 0 aliphatic carbocycles. The third-order valence-corrected chi connectivity index (χ3v) is 8.72. The minimum absolute atomic E-state index is 0.173. The Hall–Kier alpha value is -1.39. The van der Waals surface area contributed by atoms with E-state index in [0.717, 1.165) is 32.1 Å². The third kappa shape index (κ3) is 37.1. The Morgan fingerprint density at radius 2 is 0.913 bits per heavy atom. The molecular weight excluding hydrogens is 568 g/mol. The van der Waals surface area contributed by atoms with Gasteiger partial charge >= 0.3 is 5.97 Å². The van der Waals surface area contributed by atoms with Gasteiger partial charge in [0.15, 0.2) is 0 Å². The fourth-order valence-electron chi connectivity index (χ4n) is 5.69. The van der Waals surface area contributed by atoms with Crippen molar-refractivity contribution in [3.8, 4) is 0 Å². The van der Waals surface area contributed by atoms with E-state index in [0.29, 0.717) is 19.6 Å². The first kappa shape index (κ1) is 44.6. The van der Waals surface area contributed by atoms with Gasteiger partial charge in [0.05, 0.1) is 13.2 Å². The highest BCUT2D eigenvalue weighted by atomic mass is 16.6. The van der Waals surface area contributed by atoms with Gasteiger partial charge in [-0.25, -0.2) is 0 Å². The van der Waals surface area contributed by atoms with Crippen LogP contribution in [0.4, 0.5) is 0 Å². The molecule has 46 heavy (non-hydrogen) atoms. The molecule has 0 saturated carbocycles. The number of carbonyl (C=O) groups excluding carboxylic acids is 1. The van der Waals surface area contributed by atoms with Gasteiger partial charge in [-0.05, 0) is 51.4 Å². The predicted molar refractivity (Wildman–Crippen MR) is 200 cm³/mol. The molecule has 1 atom stereocenters. The molecule has 0 aromatic heterocycles. The van der Waals surface area contributed by atoms with Gasteiger partial charge in [0.1, 0.15) is 6.10 Å². The second-order valence-electron chi connectivity index (χ2n) is 13.4. The van der Waals surface area contributed by atoms with Crippen molar-refractivity contribution in [2.75, 3.05) is 19.8 Å². The van der Waals surface area contributed by atoms with Gasteiger partial charge in [-0.1, -0.05) is 179 Å². The molecule has 4 nitrogen and oxygen atoms in total. The summed E-state index contributed by atoms with van der Waals surface area (Å²) in [5.41, 5.74) is 0. The molecule has 1 unspecified atom stereocenters. The second kappa shape index (κ2) is 39.8. The summed E-state index contributed by atoms with van der Waals surface area (Å²) in [5.74, 6) is -0.207. The van der Waals surface area contributed by atoms with Gasteiger partial charge in [0, 0.05) is 13.0 Å². The van der Waals surface area contributed by atoms with E-state index in [2.05, 4.69) is 50.3 Å². The van der Waals surface area contributed by atoms with Crippen molar-refractivity contribution in [3.05, 3.63) is 36.5 Å². The van der Waals surface area contributed by atoms with Gasteiger partial charge in [-0.3, -0.25) is 4.79 Å². The van der Waals surface area contributed by atoms with Crippen LogP contribution in [0.5, 0.6) is 0 Å². The summed E-state index contributed by atoms with van der Waals surface area (Å²) in [6.45, 7) is 5.34. The van der Waals surface area contributed by atoms with Crippen LogP contribution in [-0.2, 0) is 14.3 Å². The second-order valence-corrected chi connectivity index (χ2v) is 13.4. The smallest absolute Gasteiger partial charge is 0.306 e. The van der Waals surface area contributed by atoms with Crippen LogP contribution in [0.1, 0.15) is 200 Å². The van der Waals surface area contributed by atoms with E-state index in [1.54, 1.807) is 0 Å². The average Bonchev–Trinajstić information content (AvgIpc) is 3.06. The lowest BCUT2D eigenvalue weighted by atomic mass is 10.1. The molecule has 0 bridgehead atoms. The number of rotatable bonds is 37. The van der Waals surface area contributed by atoms with E-state index in [9.17, 15) is 9.90 Å². The Balaban J connectivity index is 3.45. The zero-order valence-electron chi connectivity index (χ0n) is 30.8. The molecule has 4 heteroatoms. The minimum atomic E-state index is -0.534. The van der Waals surface area contributed by atoms with Gasteiger partial charge in [-0.15, -0.1) is 0 Å². The van der Waals surface area contributed by atoms with Gasteiger partial charge < -0.3 is 14.6 Å². The van der Waals surface area contributed by atoms with Crippen molar-refractivity contribution in [1.82, 2.24) is 0 Å². The average molecular weight is 647 g/mol. The number of allylic oxidation sites excluding steroid dienone is 6. The van der Waals surface area contributed by atoms with E-state index in [4.69, 9.17) is 9.47 Å². The van der Waals surface area contributed by atoms with Crippen LogP contribution in [-0.4, -0.2) is 37.0 Å². The molecule has 0 radical (unpaired) electrons. The van der Waals surface area contributed by atoms with Crippen molar-refractivity contribution in [2.45, 2.75) is 206 Å². The van der Waals surface area contributed by atoms with Crippen molar-refractivity contribution in [1.29, 1.82) is 0 Å². The van der Waals surface area contributed by atoms with Crippen LogP contribution < -0.4 is 0 Å². The van der Waals surface area contributed by atoms with Crippen LogP contribution in [0, 0.1) is 0 Å². The van der Waals surface area contributed by atoms with E-state index in [-0.39, 0.29) is 12.6 Å². The predicted octanol–water partition coefficient (Wildman–Crippen LogP) is 12.9. The molecule has 0 aliphatic heterocycles. The van der Waals surface area contributed by atoms with Crippen molar-refractivity contribution < 1.29 is 19.4 Å². The summed E-state index contributed by atoms with van der Waals surface area (Å²) < 4.78 is 11.1. The largest absolute Gasteiger partial charge is 0.457 e. The van der Waals surface area contributed by atoms with E-state index < -0.39 is 6.10 Å². The topological polar surface area (TPSA) is 55.8 Å². The highest BCUT2D eigenvalue weighted by molar-refractivity contribution is 5.69. The number of hydrogen-bond donors (Lipinski definition) is 1. The van der Waals surface area contributed by atoms with E-state index >= 15 is 0 Å². The Morgan fingerprint density at radius 1 is 0.522 bits per heavy atom. The molecule has 0 aromatic carbocycles. The summed E-state index contributed by atoms with van der Waals surface area (Å²) in [5, 5.41) is 9.56. The Labute approximate surface area is 287 Å². The first-order valence-electron chi connectivity index (χ1n) is 20.1. The number of aliphatic hydroxyl groups excluding tert-OH is 1. The first-order valence-corrected chi connectivity index (χ1v) is 20.1. The van der Waals surface area contributed by atoms with Crippen LogP contribution in [0.2, 0.25) is 0 Å². The summed E-state index contributed by atoms with van der Waals surface area (Å²) >= 11 is 0. The highest BCUT2D eigenvalue weighted by Crippen LogP contribution is 2.13. The van der Waals surface area contributed by atoms with Gasteiger partial charge in [0.2, 0.25) is 0 Å².